The van der Waals surface area contributed by atoms with Gasteiger partial charge in [-0.05, 0) is 60.9 Å². The molecule has 5 N–H and O–H groups in total. The minimum absolute atomic E-state index is 0.134. The lowest BCUT2D eigenvalue weighted by atomic mass is 9.94. The van der Waals surface area contributed by atoms with Crippen molar-refractivity contribution in [2.45, 2.75) is 57.3 Å². The first kappa shape index (κ1) is 37.1. The second kappa shape index (κ2) is 18.2. The number of carboxylic acid groups (broad SMARTS) is 1. The van der Waals surface area contributed by atoms with E-state index in [1.807, 2.05) is 91.0 Å². The van der Waals surface area contributed by atoms with Crippen LogP contribution in [0.15, 0.2) is 106 Å². The van der Waals surface area contributed by atoms with Crippen molar-refractivity contribution < 1.29 is 33.4 Å². The molecule has 1 aliphatic carbocycles. The number of methoxy groups -OCH3 is 1. The van der Waals surface area contributed by atoms with Gasteiger partial charge in [-0.15, -0.1) is 0 Å². The van der Waals surface area contributed by atoms with Gasteiger partial charge < -0.3 is 30.0 Å². The number of aryl methyl sites for hydroxylation is 1. The van der Waals surface area contributed by atoms with E-state index in [2.05, 4.69) is 10.6 Å². The molecule has 0 radical (unpaired) electrons. The Balaban J connectivity index is 0.000000407. The number of anilines is 1. The van der Waals surface area contributed by atoms with E-state index in [9.17, 15) is 19.2 Å². The number of benzene rings is 4. The number of hydrogen-bond acceptors (Lipinski definition) is 8. The summed E-state index contributed by atoms with van der Waals surface area (Å²) in [5, 5.41) is 13.5. The Morgan fingerprint density at radius 2 is 1.69 bits per heavy atom. The summed E-state index contributed by atoms with van der Waals surface area (Å²) in [7, 11) is 1.47. The lowest BCUT2D eigenvalue weighted by molar-refractivity contribution is 0.0826. The lowest BCUT2D eigenvalue weighted by Gasteiger charge is -2.26. The van der Waals surface area contributed by atoms with Crippen molar-refractivity contribution in [2.75, 3.05) is 12.4 Å². The second-order valence-electron chi connectivity index (χ2n) is 12.3. The van der Waals surface area contributed by atoms with Crippen LogP contribution in [-0.4, -0.2) is 47.4 Å². The number of carbonyl (C=O) groups is 3. The highest BCUT2D eigenvalue weighted by molar-refractivity contribution is 5.92. The summed E-state index contributed by atoms with van der Waals surface area (Å²) in [5.74, 6) is -0.127. The maximum absolute atomic E-state index is 12.8. The average molecular weight is 707 g/mol. The highest BCUT2D eigenvalue weighted by atomic mass is 16.6. The summed E-state index contributed by atoms with van der Waals surface area (Å²) in [6.07, 6.45) is 6.72. The highest BCUT2D eigenvalue weighted by Gasteiger charge is 2.22. The monoisotopic (exact) mass is 706 g/mol. The summed E-state index contributed by atoms with van der Waals surface area (Å²) in [6.45, 7) is 0.743. The van der Waals surface area contributed by atoms with Crippen LogP contribution in [0.4, 0.5) is 15.3 Å². The van der Waals surface area contributed by atoms with Crippen LogP contribution in [0.2, 0.25) is 0 Å². The molecule has 2 amide bonds. The molecule has 1 aromatic heterocycles. The first-order chi connectivity index (χ1) is 25.2. The summed E-state index contributed by atoms with van der Waals surface area (Å²) >= 11 is 0. The first-order valence-corrected chi connectivity index (χ1v) is 17.0. The number of nitrogens with two attached hydrogens (primary N) is 1. The number of amides is 2. The normalized spacial score (nSPS) is 15.3. The molecule has 12 nitrogen and oxygen atoms in total. The third kappa shape index (κ3) is 10.2. The number of ether oxygens (including phenoxy) is 2. The molecular weight excluding hydrogens is 664 g/mol. The molecule has 1 saturated carbocycles. The molecule has 0 saturated heterocycles. The van der Waals surface area contributed by atoms with Crippen molar-refractivity contribution in [2.24, 2.45) is 5.73 Å². The lowest BCUT2D eigenvalue weighted by Crippen LogP contribution is -2.32. The van der Waals surface area contributed by atoms with E-state index >= 15 is 0 Å². The number of fused-ring (bicyclic) bond motifs is 1. The topological polar surface area (TPSA) is 175 Å². The van der Waals surface area contributed by atoms with Crippen LogP contribution in [0.1, 0.15) is 53.6 Å². The number of nitrogens with one attached hydrogen (secondary N) is 2. The fourth-order valence-electron chi connectivity index (χ4n) is 5.92. The van der Waals surface area contributed by atoms with E-state index in [0.29, 0.717) is 53.9 Å². The number of nitrogens with zero attached hydrogens (tertiary/aromatic N) is 1. The van der Waals surface area contributed by atoms with Crippen molar-refractivity contribution in [3.8, 4) is 16.9 Å². The van der Waals surface area contributed by atoms with Crippen molar-refractivity contribution in [3.05, 3.63) is 124 Å². The number of aromatic nitrogens is 1. The highest BCUT2D eigenvalue weighted by Crippen LogP contribution is 2.30. The van der Waals surface area contributed by atoms with Crippen LogP contribution in [0, 0.1) is 0 Å². The Labute approximate surface area is 300 Å². The zero-order chi connectivity index (χ0) is 36.9. The first-order valence-electron chi connectivity index (χ1n) is 17.0. The second-order valence-corrected chi connectivity index (χ2v) is 12.3. The van der Waals surface area contributed by atoms with Crippen molar-refractivity contribution in [1.29, 1.82) is 0 Å². The third-order valence-corrected chi connectivity index (χ3v) is 8.62. The molecule has 4 aromatic carbocycles. The number of hydrogen-bond donors (Lipinski definition) is 4. The van der Waals surface area contributed by atoms with Crippen molar-refractivity contribution in [1.82, 2.24) is 9.88 Å². The Hall–Kier alpha value is -6.14. The fourth-order valence-corrected chi connectivity index (χ4v) is 5.92. The number of rotatable bonds is 11. The molecular formula is C40H42N4O8. The predicted octanol–water partition coefficient (Wildman–Crippen LogP) is 7.46. The predicted molar refractivity (Wildman–Crippen MR) is 200 cm³/mol. The van der Waals surface area contributed by atoms with Gasteiger partial charge >= 0.3 is 17.9 Å². The molecule has 52 heavy (non-hydrogen) atoms. The van der Waals surface area contributed by atoms with Gasteiger partial charge in [0.25, 0.3) is 0 Å². The van der Waals surface area contributed by atoms with Gasteiger partial charge in [-0.2, -0.15) is 0 Å². The number of oxazole rings is 1. The average Bonchev–Trinajstić information content (AvgIpc) is 3.47. The Kier molecular flexibility index (Phi) is 13.0. The van der Waals surface area contributed by atoms with Gasteiger partial charge in [0.05, 0.1) is 23.9 Å². The molecule has 1 heterocycles. The van der Waals surface area contributed by atoms with Crippen LogP contribution >= 0.6 is 0 Å². The summed E-state index contributed by atoms with van der Waals surface area (Å²) in [5.41, 5.74) is 11.5. The van der Waals surface area contributed by atoms with E-state index in [4.69, 9.17) is 24.7 Å². The van der Waals surface area contributed by atoms with Gasteiger partial charge in [0.2, 0.25) is 0 Å². The van der Waals surface area contributed by atoms with Gasteiger partial charge in [0.15, 0.2) is 11.9 Å². The molecule has 1 aliphatic rings. The third-order valence-electron chi connectivity index (χ3n) is 8.62. The van der Waals surface area contributed by atoms with Gasteiger partial charge in [-0.25, -0.2) is 14.4 Å². The van der Waals surface area contributed by atoms with Gasteiger partial charge in [-0.3, -0.25) is 14.7 Å². The van der Waals surface area contributed by atoms with E-state index < -0.39 is 17.9 Å². The van der Waals surface area contributed by atoms with Crippen LogP contribution in [0.5, 0.6) is 5.75 Å². The molecule has 12 heteroatoms. The Morgan fingerprint density at radius 1 is 0.981 bits per heavy atom. The smallest absolute Gasteiger partial charge is 0.419 e. The molecule has 0 bridgehead atoms. The van der Waals surface area contributed by atoms with Gasteiger partial charge in [0, 0.05) is 30.8 Å². The molecule has 0 spiro atoms. The number of allylic oxidation sites excluding steroid dienone is 1. The van der Waals surface area contributed by atoms with Crippen LogP contribution < -0.4 is 26.9 Å². The molecule has 0 atom stereocenters. The summed E-state index contributed by atoms with van der Waals surface area (Å²) in [6, 6.07) is 28.4. The SMILES string of the molecule is COc1cc2c(cc1C=O)oc(=O)n2CC/C=C/c1ccc(-c2ccccc2)c(NC(=O)OC2CCC(N)CC2)c1.O=C(O)NCc1ccccc1. The standard InChI is InChI=1S/C32H33N3O6.C8H9NO2/c1-39-29-19-28-30(18-23(29)20-36)41-32(38)35(28)16-6-5-7-21-10-15-26(22-8-3-2-4-9-22)27(17-21)34-31(37)40-25-13-11-24(33)12-14-25;10-8(11)9-6-7-4-2-1-3-5-7/h2-5,7-10,15,17-20,24-25H,6,11-14,16,33H2,1H3,(H,34,37);1-5,9H,6H2,(H,10,11)/b7-5+;. The van der Waals surface area contributed by atoms with E-state index in [-0.39, 0.29) is 12.1 Å². The zero-order valence-corrected chi connectivity index (χ0v) is 28.8. The maximum Gasteiger partial charge on any atom is 0.419 e. The van der Waals surface area contributed by atoms with E-state index in [0.717, 1.165) is 47.9 Å². The van der Waals surface area contributed by atoms with E-state index in [1.165, 1.54) is 17.7 Å². The van der Waals surface area contributed by atoms with Crippen LogP contribution in [-0.2, 0) is 17.8 Å². The minimum Gasteiger partial charge on any atom is -0.496 e. The molecule has 6 rings (SSSR count). The van der Waals surface area contributed by atoms with Gasteiger partial charge in [0.1, 0.15) is 11.9 Å². The minimum atomic E-state index is -0.992. The summed E-state index contributed by atoms with van der Waals surface area (Å²) < 4.78 is 17.8. The number of aldehydes is 1. The van der Waals surface area contributed by atoms with Gasteiger partial charge in [-0.1, -0.05) is 84.9 Å². The molecule has 270 valence electrons. The largest absolute Gasteiger partial charge is 0.496 e. The molecule has 5 aromatic rings. The van der Waals surface area contributed by atoms with Crippen molar-refractivity contribution in [3.63, 3.8) is 0 Å². The molecule has 1 fully saturated rings. The summed E-state index contributed by atoms with van der Waals surface area (Å²) in [4.78, 5) is 46.7. The fraction of sp³-hybridized carbons (Fsp3) is 0.250. The molecule has 0 aliphatic heterocycles. The van der Waals surface area contributed by atoms with Crippen LogP contribution in [0.25, 0.3) is 28.3 Å². The molecule has 0 unspecified atom stereocenters. The quantitative estimate of drug-likeness (QED) is 0.102. The zero-order valence-electron chi connectivity index (χ0n) is 28.8. The Morgan fingerprint density at radius 3 is 2.37 bits per heavy atom. The van der Waals surface area contributed by atoms with Crippen LogP contribution in [0.3, 0.4) is 0 Å². The number of carbonyl (C=O) groups excluding carboxylic acids is 2. The Bertz CT molecular complexity index is 2050. The van der Waals surface area contributed by atoms with E-state index in [1.54, 1.807) is 6.07 Å². The maximum atomic E-state index is 12.8. The van der Waals surface area contributed by atoms with Crippen molar-refractivity contribution >= 4 is 41.3 Å².